The van der Waals surface area contributed by atoms with Crippen LogP contribution in [0.5, 0.6) is 0 Å². The van der Waals surface area contributed by atoms with Gasteiger partial charge in [0.1, 0.15) is 0 Å². The first-order chi connectivity index (χ1) is 13.4. The van der Waals surface area contributed by atoms with Crippen LogP contribution >= 0.6 is 0 Å². The maximum atomic E-state index is 12.1. The van der Waals surface area contributed by atoms with E-state index in [4.69, 9.17) is 4.74 Å². The van der Waals surface area contributed by atoms with E-state index >= 15 is 0 Å². The highest BCUT2D eigenvalue weighted by molar-refractivity contribution is 5.88. The number of carbonyl (C=O) groups excluding carboxylic acids is 1. The normalized spacial score (nSPS) is 10.6. The average molecular weight is 381 g/mol. The Morgan fingerprint density at radius 1 is 1.14 bits per heavy atom. The number of aromatic amines is 1. The van der Waals surface area contributed by atoms with Gasteiger partial charge in [0.05, 0.1) is 18.5 Å². The zero-order valence-electron chi connectivity index (χ0n) is 16.2. The number of ether oxygens (including phenoxy) is 1. The highest BCUT2D eigenvalue weighted by Crippen LogP contribution is 2.22. The summed E-state index contributed by atoms with van der Waals surface area (Å²) in [5.41, 5.74) is 2.41. The van der Waals surface area contributed by atoms with Gasteiger partial charge in [0.25, 0.3) is 0 Å². The molecule has 1 amide bonds. The summed E-state index contributed by atoms with van der Waals surface area (Å²) >= 11 is 0. The molecule has 3 aromatic rings. The molecule has 2 aromatic heterocycles. The van der Waals surface area contributed by atoms with E-state index in [0.717, 1.165) is 11.4 Å². The Hall–Kier alpha value is -3.62. The van der Waals surface area contributed by atoms with E-state index in [1.807, 2.05) is 51.1 Å². The smallest absolute Gasteiger partial charge is 0.414 e. The summed E-state index contributed by atoms with van der Waals surface area (Å²) in [6.45, 7) is 5.55. The molecule has 2 heterocycles. The maximum absolute atomic E-state index is 12.1. The van der Waals surface area contributed by atoms with E-state index in [-0.39, 0.29) is 6.10 Å². The number of benzene rings is 1. The van der Waals surface area contributed by atoms with Crippen molar-refractivity contribution in [2.75, 3.05) is 22.6 Å². The van der Waals surface area contributed by atoms with Crippen LogP contribution in [0.4, 0.5) is 33.6 Å². The summed E-state index contributed by atoms with van der Waals surface area (Å²) in [5, 5.41) is 13.3. The lowest BCUT2D eigenvalue weighted by molar-refractivity contribution is 0.124. The van der Waals surface area contributed by atoms with Crippen LogP contribution in [-0.4, -0.2) is 39.4 Å². The van der Waals surface area contributed by atoms with Crippen molar-refractivity contribution >= 4 is 34.9 Å². The van der Waals surface area contributed by atoms with Crippen molar-refractivity contribution in [3.63, 3.8) is 0 Å². The van der Waals surface area contributed by atoms with Crippen LogP contribution in [0.25, 0.3) is 0 Å². The molecule has 9 nitrogen and oxygen atoms in total. The summed E-state index contributed by atoms with van der Waals surface area (Å²) in [6, 6.07) is 9.26. The topological polar surface area (TPSA) is 108 Å². The third-order valence-electron chi connectivity index (χ3n) is 3.71. The molecular formula is C19H23N7O2. The van der Waals surface area contributed by atoms with Crippen LogP contribution in [0.3, 0.4) is 0 Å². The Labute approximate surface area is 163 Å². The Morgan fingerprint density at radius 3 is 2.57 bits per heavy atom. The minimum atomic E-state index is -0.410. The predicted octanol–water partition coefficient (Wildman–Crippen LogP) is 3.98. The van der Waals surface area contributed by atoms with Crippen LogP contribution in [0, 0.1) is 6.92 Å². The number of anilines is 5. The molecule has 0 aliphatic rings. The number of aryl methyl sites for hydroxylation is 1. The maximum Gasteiger partial charge on any atom is 0.414 e. The summed E-state index contributed by atoms with van der Waals surface area (Å²) < 4.78 is 5.23. The number of hydrogen-bond donors (Lipinski definition) is 3. The molecule has 0 spiro atoms. The van der Waals surface area contributed by atoms with E-state index in [9.17, 15) is 4.79 Å². The van der Waals surface area contributed by atoms with E-state index in [1.165, 1.54) is 4.90 Å². The minimum Gasteiger partial charge on any atom is -0.446 e. The van der Waals surface area contributed by atoms with E-state index in [2.05, 4.69) is 30.8 Å². The van der Waals surface area contributed by atoms with Gasteiger partial charge in [0.15, 0.2) is 17.5 Å². The number of hydrogen-bond acceptors (Lipinski definition) is 7. The summed E-state index contributed by atoms with van der Waals surface area (Å²) in [6.07, 6.45) is 2.64. The second-order valence-corrected chi connectivity index (χ2v) is 6.52. The largest absolute Gasteiger partial charge is 0.446 e. The molecule has 0 unspecified atom stereocenters. The monoisotopic (exact) mass is 381 g/mol. The van der Waals surface area contributed by atoms with Gasteiger partial charge in [0, 0.05) is 30.2 Å². The Balaban J connectivity index is 1.71. The number of carbonyl (C=O) groups is 1. The van der Waals surface area contributed by atoms with Crippen molar-refractivity contribution in [1.82, 2.24) is 20.2 Å². The first-order valence-corrected chi connectivity index (χ1v) is 8.83. The lowest BCUT2D eigenvalue weighted by Crippen LogP contribution is -2.29. The Kier molecular flexibility index (Phi) is 5.73. The SMILES string of the molecule is Cc1cc(Nc2cncc(Nc3cccc(N(C)C(=O)OC(C)C)c3)n2)n[nH]1. The average Bonchev–Trinajstić information content (AvgIpc) is 3.05. The molecule has 1 aromatic carbocycles. The number of rotatable bonds is 6. The fraction of sp³-hybridized carbons (Fsp3) is 0.263. The molecule has 146 valence electrons. The zero-order chi connectivity index (χ0) is 20.1. The molecule has 28 heavy (non-hydrogen) atoms. The van der Waals surface area contributed by atoms with E-state index in [0.29, 0.717) is 23.1 Å². The molecule has 9 heteroatoms. The van der Waals surface area contributed by atoms with Crippen LogP contribution in [-0.2, 0) is 4.74 Å². The second-order valence-electron chi connectivity index (χ2n) is 6.52. The fourth-order valence-electron chi connectivity index (χ4n) is 2.43. The van der Waals surface area contributed by atoms with Crippen molar-refractivity contribution in [3.05, 3.63) is 48.4 Å². The lowest BCUT2D eigenvalue weighted by Gasteiger charge is -2.19. The van der Waals surface area contributed by atoms with Crippen LogP contribution in [0.2, 0.25) is 0 Å². The standard InChI is InChI=1S/C19H23N7O2/c1-12(2)28-19(27)26(4)15-7-5-6-14(9-15)21-17-10-20-11-18(23-17)22-16-8-13(3)24-25-16/h5-12H,1-4H3,(H3,21,22,23,24,25). The Bertz CT molecular complexity index is 955. The van der Waals surface area contributed by atoms with Gasteiger partial charge in [-0.05, 0) is 39.0 Å². The summed E-state index contributed by atoms with van der Waals surface area (Å²) in [5.74, 6) is 1.78. The van der Waals surface area contributed by atoms with Gasteiger partial charge in [-0.1, -0.05) is 6.07 Å². The van der Waals surface area contributed by atoms with Crippen molar-refractivity contribution < 1.29 is 9.53 Å². The molecule has 0 saturated carbocycles. The highest BCUT2D eigenvalue weighted by Gasteiger charge is 2.14. The molecule has 0 aliphatic heterocycles. The molecule has 0 bridgehead atoms. The van der Waals surface area contributed by atoms with Crippen molar-refractivity contribution in [1.29, 1.82) is 0 Å². The van der Waals surface area contributed by atoms with Crippen LogP contribution in [0.1, 0.15) is 19.5 Å². The minimum absolute atomic E-state index is 0.180. The summed E-state index contributed by atoms with van der Waals surface area (Å²) in [4.78, 5) is 22.2. The van der Waals surface area contributed by atoms with Crippen molar-refractivity contribution in [2.24, 2.45) is 0 Å². The van der Waals surface area contributed by atoms with Crippen molar-refractivity contribution in [3.8, 4) is 0 Å². The lowest BCUT2D eigenvalue weighted by atomic mass is 10.2. The van der Waals surface area contributed by atoms with Gasteiger partial charge in [-0.25, -0.2) is 9.78 Å². The third kappa shape index (κ3) is 4.97. The Morgan fingerprint density at radius 2 is 1.89 bits per heavy atom. The number of amides is 1. The predicted molar refractivity (Wildman–Crippen MR) is 108 cm³/mol. The van der Waals surface area contributed by atoms with E-state index in [1.54, 1.807) is 19.4 Å². The van der Waals surface area contributed by atoms with Gasteiger partial charge < -0.3 is 15.4 Å². The van der Waals surface area contributed by atoms with Gasteiger partial charge in [0.2, 0.25) is 0 Å². The molecule has 0 atom stereocenters. The highest BCUT2D eigenvalue weighted by atomic mass is 16.6. The van der Waals surface area contributed by atoms with Gasteiger partial charge in [-0.2, -0.15) is 5.10 Å². The molecule has 3 rings (SSSR count). The number of H-pyrrole nitrogens is 1. The van der Waals surface area contributed by atoms with Gasteiger partial charge >= 0.3 is 6.09 Å². The molecule has 0 saturated heterocycles. The first-order valence-electron chi connectivity index (χ1n) is 8.83. The molecular weight excluding hydrogens is 358 g/mol. The first kappa shape index (κ1) is 19.2. The fourth-order valence-corrected chi connectivity index (χ4v) is 2.43. The van der Waals surface area contributed by atoms with Gasteiger partial charge in [-0.3, -0.25) is 15.0 Å². The zero-order valence-corrected chi connectivity index (χ0v) is 16.2. The van der Waals surface area contributed by atoms with Crippen molar-refractivity contribution in [2.45, 2.75) is 26.9 Å². The van der Waals surface area contributed by atoms with E-state index < -0.39 is 6.09 Å². The second kappa shape index (κ2) is 8.38. The molecule has 0 fully saturated rings. The van der Waals surface area contributed by atoms with Crippen LogP contribution < -0.4 is 15.5 Å². The molecule has 3 N–H and O–H groups in total. The molecule has 0 radical (unpaired) electrons. The van der Waals surface area contributed by atoms with Crippen LogP contribution in [0.15, 0.2) is 42.7 Å². The number of aromatic nitrogens is 4. The quantitative estimate of drug-likeness (QED) is 0.593. The molecule has 0 aliphatic carbocycles. The third-order valence-corrected chi connectivity index (χ3v) is 3.71. The summed E-state index contributed by atoms with van der Waals surface area (Å²) in [7, 11) is 1.67. The number of nitrogens with one attached hydrogen (secondary N) is 3. The number of nitrogens with zero attached hydrogens (tertiary/aromatic N) is 4. The van der Waals surface area contributed by atoms with Gasteiger partial charge in [-0.15, -0.1) is 0 Å².